The van der Waals surface area contributed by atoms with Crippen LogP contribution in [0.3, 0.4) is 0 Å². The maximum absolute atomic E-state index is 5.90. The van der Waals surface area contributed by atoms with Gasteiger partial charge in [-0.25, -0.2) is 4.98 Å². The van der Waals surface area contributed by atoms with E-state index in [1.165, 1.54) is 6.33 Å². The fourth-order valence-electron chi connectivity index (χ4n) is 1.60. The van der Waals surface area contributed by atoms with Crippen LogP contribution in [-0.2, 0) is 0 Å². The smallest absolute Gasteiger partial charge is 0.250 e. The number of nitrogens with one attached hydrogen (secondary N) is 1. The number of hydrogen-bond donors (Lipinski definition) is 2. The monoisotopic (exact) mass is 295 g/mol. The first-order valence-electron chi connectivity index (χ1n) is 5.22. The second kappa shape index (κ2) is 4.56. The van der Waals surface area contributed by atoms with Crippen molar-refractivity contribution in [3.05, 3.63) is 34.6 Å². The highest BCUT2D eigenvalue weighted by molar-refractivity contribution is 6.34. The van der Waals surface area contributed by atoms with E-state index in [0.717, 1.165) is 0 Å². The van der Waals surface area contributed by atoms with Gasteiger partial charge in [-0.1, -0.05) is 23.2 Å². The number of nitrogen functional groups attached to an aromatic ring is 1. The van der Waals surface area contributed by atoms with Crippen LogP contribution < -0.4 is 10.5 Å². The molecule has 0 bridgehead atoms. The molecule has 0 aliphatic heterocycles. The predicted octanol–water partition coefficient (Wildman–Crippen LogP) is 3.03. The number of aromatic amines is 1. The van der Waals surface area contributed by atoms with Crippen LogP contribution >= 0.6 is 23.2 Å². The van der Waals surface area contributed by atoms with Crippen LogP contribution in [0.5, 0.6) is 11.6 Å². The lowest BCUT2D eigenvalue weighted by atomic mass is 10.3. The number of nitrogens with zero attached hydrogens (tertiary/aromatic N) is 3. The summed E-state index contributed by atoms with van der Waals surface area (Å²) in [6.07, 6.45) is 1.48. The van der Waals surface area contributed by atoms with Gasteiger partial charge in [0.25, 0.3) is 5.88 Å². The van der Waals surface area contributed by atoms with E-state index in [1.54, 1.807) is 18.2 Å². The molecule has 0 radical (unpaired) electrons. The molecule has 0 amide bonds. The van der Waals surface area contributed by atoms with Gasteiger partial charge in [-0.3, -0.25) is 0 Å². The summed E-state index contributed by atoms with van der Waals surface area (Å²) in [5.41, 5.74) is 6.56. The first-order chi connectivity index (χ1) is 9.11. The van der Waals surface area contributed by atoms with E-state index >= 15 is 0 Å². The number of rotatable bonds is 2. The number of nitrogens with two attached hydrogens (primary N) is 1. The van der Waals surface area contributed by atoms with Crippen LogP contribution in [0.25, 0.3) is 11.2 Å². The molecular formula is C11H7Cl2N5O. The van der Waals surface area contributed by atoms with Crippen LogP contribution in [0.1, 0.15) is 0 Å². The third kappa shape index (κ3) is 2.40. The molecule has 0 saturated heterocycles. The summed E-state index contributed by atoms with van der Waals surface area (Å²) >= 11 is 11.8. The number of halogens is 2. The van der Waals surface area contributed by atoms with E-state index in [9.17, 15) is 0 Å². The molecule has 3 aromatic rings. The Morgan fingerprint density at radius 1 is 1.11 bits per heavy atom. The van der Waals surface area contributed by atoms with Gasteiger partial charge >= 0.3 is 0 Å². The molecule has 0 fully saturated rings. The predicted molar refractivity (Wildman–Crippen MR) is 72.6 cm³/mol. The average Bonchev–Trinajstić information content (AvgIpc) is 2.75. The van der Waals surface area contributed by atoms with Crippen LogP contribution in [0.2, 0.25) is 10.0 Å². The molecule has 3 rings (SSSR count). The highest BCUT2D eigenvalue weighted by Crippen LogP contribution is 2.30. The maximum Gasteiger partial charge on any atom is 0.250 e. The molecule has 0 aliphatic rings. The number of hydrogen-bond acceptors (Lipinski definition) is 5. The van der Waals surface area contributed by atoms with Gasteiger partial charge in [-0.15, -0.1) is 0 Å². The van der Waals surface area contributed by atoms with Crippen molar-refractivity contribution in [1.29, 1.82) is 0 Å². The molecule has 2 aromatic heterocycles. The zero-order chi connectivity index (χ0) is 13.4. The van der Waals surface area contributed by atoms with Crippen molar-refractivity contribution in [3.63, 3.8) is 0 Å². The van der Waals surface area contributed by atoms with Gasteiger partial charge in [-0.2, -0.15) is 9.97 Å². The molecule has 0 saturated carbocycles. The van der Waals surface area contributed by atoms with Crippen molar-refractivity contribution < 1.29 is 4.74 Å². The summed E-state index contributed by atoms with van der Waals surface area (Å²) in [7, 11) is 0. The Morgan fingerprint density at radius 2 is 1.84 bits per heavy atom. The van der Waals surface area contributed by atoms with Gasteiger partial charge < -0.3 is 15.5 Å². The van der Waals surface area contributed by atoms with E-state index in [1.807, 2.05) is 0 Å². The third-order valence-corrected chi connectivity index (χ3v) is 2.76. The lowest BCUT2D eigenvalue weighted by Gasteiger charge is -2.06. The summed E-state index contributed by atoms with van der Waals surface area (Å²) < 4.78 is 5.62. The molecule has 1 aromatic carbocycles. The SMILES string of the molecule is Nc1nc(Oc2cc(Cl)cc(Cl)c2)c2[nH]cnc2n1. The first kappa shape index (κ1) is 12.0. The average molecular weight is 296 g/mol. The van der Waals surface area contributed by atoms with E-state index in [0.29, 0.717) is 27.0 Å². The topological polar surface area (TPSA) is 89.7 Å². The highest BCUT2D eigenvalue weighted by Gasteiger charge is 2.11. The van der Waals surface area contributed by atoms with Gasteiger partial charge in [-0.05, 0) is 18.2 Å². The van der Waals surface area contributed by atoms with E-state index < -0.39 is 0 Å². The molecule has 2 heterocycles. The van der Waals surface area contributed by atoms with E-state index in [4.69, 9.17) is 33.7 Å². The molecule has 0 aliphatic carbocycles. The highest BCUT2D eigenvalue weighted by atomic mass is 35.5. The van der Waals surface area contributed by atoms with Crippen molar-refractivity contribution in [1.82, 2.24) is 19.9 Å². The lowest BCUT2D eigenvalue weighted by molar-refractivity contribution is 0.468. The summed E-state index contributed by atoms with van der Waals surface area (Å²) in [5.74, 6) is 0.785. The largest absolute Gasteiger partial charge is 0.437 e. The third-order valence-electron chi connectivity index (χ3n) is 2.32. The molecular weight excluding hydrogens is 289 g/mol. The molecule has 8 heteroatoms. The number of benzene rings is 1. The summed E-state index contributed by atoms with van der Waals surface area (Å²) in [5, 5.41) is 0.927. The van der Waals surface area contributed by atoms with Crippen LogP contribution in [-0.4, -0.2) is 19.9 Å². The molecule has 96 valence electrons. The number of fused-ring (bicyclic) bond motifs is 1. The van der Waals surface area contributed by atoms with Crippen molar-refractivity contribution in [2.24, 2.45) is 0 Å². The Labute approximate surface area is 117 Å². The quantitative estimate of drug-likeness (QED) is 0.758. The van der Waals surface area contributed by atoms with Gasteiger partial charge in [0.05, 0.1) is 6.33 Å². The van der Waals surface area contributed by atoms with E-state index in [2.05, 4.69) is 19.9 Å². The van der Waals surface area contributed by atoms with Gasteiger partial charge in [0.15, 0.2) is 5.65 Å². The van der Waals surface area contributed by atoms with Crippen molar-refractivity contribution >= 4 is 40.3 Å². The van der Waals surface area contributed by atoms with Gasteiger partial charge in [0, 0.05) is 10.0 Å². The normalized spacial score (nSPS) is 10.8. The Hall–Kier alpha value is -2.05. The second-order valence-corrected chi connectivity index (χ2v) is 4.57. The maximum atomic E-state index is 5.90. The molecule has 0 unspecified atom stereocenters. The Balaban J connectivity index is 2.07. The number of aromatic nitrogens is 4. The molecule has 3 N–H and O–H groups in total. The first-order valence-corrected chi connectivity index (χ1v) is 5.98. The Kier molecular flexibility index (Phi) is 2.88. The summed E-state index contributed by atoms with van der Waals surface area (Å²) in [4.78, 5) is 14.9. The summed E-state index contributed by atoms with van der Waals surface area (Å²) in [6.45, 7) is 0. The molecule has 19 heavy (non-hydrogen) atoms. The zero-order valence-corrected chi connectivity index (χ0v) is 10.9. The molecule has 0 spiro atoms. The number of anilines is 1. The standard InChI is InChI=1S/C11H7Cl2N5O/c12-5-1-6(13)3-7(2-5)19-10-8-9(16-4-15-8)17-11(14)18-10/h1-4H,(H3,14,15,16,17,18). The van der Waals surface area contributed by atoms with Crippen molar-refractivity contribution in [2.45, 2.75) is 0 Å². The van der Waals surface area contributed by atoms with Crippen molar-refractivity contribution in [2.75, 3.05) is 5.73 Å². The molecule has 6 nitrogen and oxygen atoms in total. The minimum Gasteiger partial charge on any atom is -0.437 e. The van der Waals surface area contributed by atoms with Crippen LogP contribution in [0.15, 0.2) is 24.5 Å². The number of H-pyrrole nitrogens is 1. The Bertz CT molecular complexity index is 738. The number of ether oxygens (including phenoxy) is 1. The fraction of sp³-hybridized carbons (Fsp3) is 0. The van der Waals surface area contributed by atoms with Crippen LogP contribution in [0, 0.1) is 0 Å². The van der Waals surface area contributed by atoms with Crippen molar-refractivity contribution in [3.8, 4) is 11.6 Å². The van der Waals surface area contributed by atoms with Gasteiger partial charge in [0.2, 0.25) is 5.95 Å². The van der Waals surface area contributed by atoms with Crippen LogP contribution in [0.4, 0.5) is 5.95 Å². The lowest BCUT2D eigenvalue weighted by Crippen LogP contribution is -1.98. The zero-order valence-electron chi connectivity index (χ0n) is 9.39. The minimum atomic E-state index is 0.0720. The fourth-order valence-corrected chi connectivity index (χ4v) is 2.10. The van der Waals surface area contributed by atoms with E-state index in [-0.39, 0.29) is 11.8 Å². The minimum absolute atomic E-state index is 0.0720. The number of imidazole rings is 1. The van der Waals surface area contributed by atoms with Gasteiger partial charge in [0.1, 0.15) is 11.3 Å². The Morgan fingerprint density at radius 3 is 2.58 bits per heavy atom. The second-order valence-electron chi connectivity index (χ2n) is 3.70. The molecule has 0 atom stereocenters. The summed E-state index contributed by atoms with van der Waals surface area (Å²) in [6, 6.07) is 4.85.